The van der Waals surface area contributed by atoms with Crippen LogP contribution in [0.1, 0.15) is 43.5 Å². The molecule has 1 amide bonds. The molecule has 0 radical (unpaired) electrons. The Morgan fingerprint density at radius 2 is 2.12 bits per heavy atom. The van der Waals surface area contributed by atoms with Crippen molar-refractivity contribution in [1.82, 2.24) is 5.43 Å². The molecule has 0 saturated heterocycles. The number of amides is 1. The van der Waals surface area contributed by atoms with E-state index in [2.05, 4.69) is 17.5 Å². The van der Waals surface area contributed by atoms with Gasteiger partial charge < -0.3 is 0 Å². The summed E-state index contributed by atoms with van der Waals surface area (Å²) in [6, 6.07) is 5.84. The molecule has 17 heavy (non-hydrogen) atoms. The van der Waals surface area contributed by atoms with Crippen LogP contribution in [0.3, 0.4) is 0 Å². The number of hydrogen-bond donors (Lipinski definition) is 1. The van der Waals surface area contributed by atoms with Crippen molar-refractivity contribution in [2.24, 2.45) is 5.10 Å². The number of carbonyl (C=O) groups excluding carboxylic acids is 1. The minimum atomic E-state index is -0.536. The normalized spacial score (nSPS) is 11.4. The third-order valence-corrected chi connectivity index (χ3v) is 2.36. The van der Waals surface area contributed by atoms with E-state index in [1.165, 1.54) is 12.1 Å². The number of carbonyl (C=O) groups is 1. The molecule has 1 N–H and O–H groups in total. The fourth-order valence-corrected chi connectivity index (χ4v) is 1.34. The highest BCUT2D eigenvalue weighted by Crippen LogP contribution is 2.05. The SMILES string of the molecule is CCCCC(C)=NNC(=O)c1ccccc1F. The lowest BCUT2D eigenvalue weighted by molar-refractivity contribution is 0.0950. The molecule has 0 fully saturated rings. The van der Waals surface area contributed by atoms with Crippen LogP contribution in [-0.2, 0) is 0 Å². The fraction of sp³-hybridized carbons (Fsp3) is 0.385. The molecule has 0 spiro atoms. The minimum absolute atomic E-state index is 0.0135. The van der Waals surface area contributed by atoms with Gasteiger partial charge in [0, 0.05) is 5.71 Å². The van der Waals surface area contributed by atoms with Crippen molar-refractivity contribution >= 4 is 11.6 Å². The molecule has 0 saturated carbocycles. The molecule has 0 aliphatic rings. The van der Waals surface area contributed by atoms with Gasteiger partial charge in [-0.05, 0) is 31.9 Å². The third-order valence-electron chi connectivity index (χ3n) is 2.36. The molecule has 0 atom stereocenters. The Balaban J connectivity index is 2.58. The number of benzene rings is 1. The van der Waals surface area contributed by atoms with Crippen LogP contribution in [0.2, 0.25) is 0 Å². The Kier molecular flexibility index (Phi) is 5.33. The van der Waals surface area contributed by atoms with Gasteiger partial charge in [-0.2, -0.15) is 5.10 Å². The van der Waals surface area contributed by atoms with E-state index in [1.54, 1.807) is 12.1 Å². The lowest BCUT2D eigenvalue weighted by Gasteiger charge is -2.03. The summed E-state index contributed by atoms with van der Waals surface area (Å²) in [6.07, 6.45) is 2.95. The largest absolute Gasteiger partial charge is 0.274 e. The predicted molar refractivity (Wildman–Crippen MR) is 66.5 cm³/mol. The summed E-state index contributed by atoms with van der Waals surface area (Å²) >= 11 is 0. The number of nitrogens with one attached hydrogen (secondary N) is 1. The number of hydrazone groups is 1. The number of hydrogen-bond acceptors (Lipinski definition) is 2. The van der Waals surface area contributed by atoms with Gasteiger partial charge in [0.25, 0.3) is 5.91 Å². The maximum atomic E-state index is 13.3. The highest BCUT2D eigenvalue weighted by molar-refractivity contribution is 5.95. The van der Waals surface area contributed by atoms with E-state index < -0.39 is 11.7 Å². The Morgan fingerprint density at radius 1 is 1.41 bits per heavy atom. The maximum absolute atomic E-state index is 13.3. The zero-order valence-corrected chi connectivity index (χ0v) is 10.2. The van der Waals surface area contributed by atoms with Crippen molar-refractivity contribution in [2.75, 3.05) is 0 Å². The van der Waals surface area contributed by atoms with E-state index in [4.69, 9.17) is 0 Å². The third kappa shape index (κ3) is 4.34. The Labute approximate surface area is 101 Å². The van der Waals surface area contributed by atoms with Crippen LogP contribution in [-0.4, -0.2) is 11.6 Å². The summed E-state index contributed by atoms with van der Waals surface area (Å²) in [4.78, 5) is 11.6. The summed E-state index contributed by atoms with van der Waals surface area (Å²) in [5.41, 5.74) is 3.21. The van der Waals surface area contributed by atoms with E-state index in [0.717, 1.165) is 25.0 Å². The number of nitrogens with zero attached hydrogens (tertiary/aromatic N) is 1. The second-order valence-corrected chi connectivity index (χ2v) is 3.87. The summed E-state index contributed by atoms with van der Waals surface area (Å²) in [5.74, 6) is -1.05. The highest BCUT2D eigenvalue weighted by Gasteiger charge is 2.09. The van der Waals surface area contributed by atoms with Crippen LogP contribution < -0.4 is 5.43 Å². The fourth-order valence-electron chi connectivity index (χ4n) is 1.34. The molecule has 0 aliphatic carbocycles. The van der Waals surface area contributed by atoms with E-state index >= 15 is 0 Å². The molecule has 3 nitrogen and oxygen atoms in total. The first kappa shape index (κ1) is 13.4. The molecule has 0 aromatic heterocycles. The molecule has 4 heteroatoms. The van der Waals surface area contributed by atoms with Gasteiger partial charge in [0.15, 0.2) is 0 Å². The summed E-state index contributed by atoms with van der Waals surface area (Å²) < 4.78 is 13.3. The Hall–Kier alpha value is -1.71. The van der Waals surface area contributed by atoms with E-state index in [0.29, 0.717) is 0 Å². The van der Waals surface area contributed by atoms with Crippen LogP contribution in [0.25, 0.3) is 0 Å². The van der Waals surface area contributed by atoms with Crippen molar-refractivity contribution in [3.8, 4) is 0 Å². The number of halogens is 1. The minimum Gasteiger partial charge on any atom is -0.267 e. The molecule has 0 unspecified atom stereocenters. The van der Waals surface area contributed by atoms with Gasteiger partial charge in [-0.3, -0.25) is 4.79 Å². The van der Waals surface area contributed by atoms with Gasteiger partial charge >= 0.3 is 0 Å². The van der Waals surface area contributed by atoms with Gasteiger partial charge in [-0.25, -0.2) is 9.82 Å². The lowest BCUT2D eigenvalue weighted by Crippen LogP contribution is -2.20. The van der Waals surface area contributed by atoms with Crippen LogP contribution in [0.15, 0.2) is 29.4 Å². The van der Waals surface area contributed by atoms with Crippen molar-refractivity contribution in [3.63, 3.8) is 0 Å². The molecule has 0 bridgehead atoms. The van der Waals surface area contributed by atoms with Crippen LogP contribution in [0.4, 0.5) is 4.39 Å². The smallest absolute Gasteiger partial charge is 0.267 e. The van der Waals surface area contributed by atoms with E-state index in [-0.39, 0.29) is 5.56 Å². The topological polar surface area (TPSA) is 41.5 Å². The van der Waals surface area contributed by atoms with Crippen LogP contribution >= 0.6 is 0 Å². The summed E-state index contributed by atoms with van der Waals surface area (Å²) in [6.45, 7) is 3.93. The molecule has 0 aliphatic heterocycles. The van der Waals surface area contributed by atoms with E-state index in [9.17, 15) is 9.18 Å². The second-order valence-electron chi connectivity index (χ2n) is 3.87. The monoisotopic (exact) mass is 236 g/mol. The summed E-state index contributed by atoms with van der Waals surface area (Å²) in [5, 5.41) is 3.93. The van der Waals surface area contributed by atoms with Gasteiger partial charge in [0.1, 0.15) is 5.82 Å². The molecular formula is C13H17FN2O. The van der Waals surface area contributed by atoms with Gasteiger partial charge in [0.05, 0.1) is 5.56 Å². The first-order chi connectivity index (χ1) is 8.15. The van der Waals surface area contributed by atoms with Crippen molar-refractivity contribution < 1.29 is 9.18 Å². The second kappa shape index (κ2) is 6.78. The average molecular weight is 236 g/mol. The molecule has 1 rings (SSSR count). The summed E-state index contributed by atoms with van der Waals surface area (Å²) in [7, 11) is 0. The van der Waals surface area contributed by atoms with E-state index in [1.807, 2.05) is 6.92 Å². The standard InChI is InChI=1S/C13H17FN2O/c1-3-4-7-10(2)15-16-13(17)11-8-5-6-9-12(11)14/h5-6,8-9H,3-4,7H2,1-2H3,(H,16,17). The molecule has 1 aromatic rings. The Morgan fingerprint density at radius 3 is 2.76 bits per heavy atom. The lowest BCUT2D eigenvalue weighted by atomic mass is 10.2. The van der Waals surface area contributed by atoms with Gasteiger partial charge in [0.2, 0.25) is 0 Å². The predicted octanol–water partition coefficient (Wildman–Crippen LogP) is 3.12. The van der Waals surface area contributed by atoms with Gasteiger partial charge in [-0.15, -0.1) is 0 Å². The molecule has 0 heterocycles. The highest BCUT2D eigenvalue weighted by atomic mass is 19.1. The number of rotatable bonds is 5. The maximum Gasteiger partial charge on any atom is 0.274 e. The first-order valence-electron chi connectivity index (χ1n) is 5.73. The molecule has 1 aromatic carbocycles. The van der Waals surface area contributed by atoms with Crippen molar-refractivity contribution in [3.05, 3.63) is 35.6 Å². The van der Waals surface area contributed by atoms with Crippen LogP contribution in [0.5, 0.6) is 0 Å². The van der Waals surface area contributed by atoms with Crippen molar-refractivity contribution in [2.45, 2.75) is 33.1 Å². The van der Waals surface area contributed by atoms with Crippen molar-refractivity contribution in [1.29, 1.82) is 0 Å². The quantitative estimate of drug-likeness (QED) is 0.619. The average Bonchev–Trinajstić information content (AvgIpc) is 2.34. The number of unbranched alkanes of at least 4 members (excludes halogenated alkanes) is 1. The van der Waals surface area contributed by atoms with Crippen LogP contribution in [0, 0.1) is 5.82 Å². The van der Waals surface area contributed by atoms with Gasteiger partial charge in [-0.1, -0.05) is 25.5 Å². The zero-order valence-electron chi connectivity index (χ0n) is 10.2. The Bertz CT molecular complexity index is 416. The molecule has 92 valence electrons. The zero-order chi connectivity index (χ0) is 12.7. The molecular weight excluding hydrogens is 219 g/mol. The first-order valence-corrected chi connectivity index (χ1v) is 5.73.